The van der Waals surface area contributed by atoms with E-state index in [0.717, 1.165) is 6.42 Å². The average Bonchev–Trinajstić information content (AvgIpc) is 2.56. The largest absolute Gasteiger partial charge is 0.383 e. The van der Waals surface area contributed by atoms with Crippen molar-refractivity contribution in [1.82, 2.24) is 4.90 Å². The summed E-state index contributed by atoms with van der Waals surface area (Å²) in [5.41, 5.74) is 2.31. The van der Waals surface area contributed by atoms with Crippen LogP contribution in [-0.2, 0) is 11.2 Å². The van der Waals surface area contributed by atoms with E-state index in [9.17, 15) is 9.90 Å². The molecule has 2 atom stereocenters. The summed E-state index contributed by atoms with van der Waals surface area (Å²) in [6, 6.07) is 8.30. The lowest BCUT2D eigenvalue weighted by Crippen LogP contribution is -2.51. The molecule has 0 aromatic heterocycles. The summed E-state index contributed by atoms with van der Waals surface area (Å²) >= 11 is 0. The third kappa shape index (κ3) is 1.42. The molecule has 3 rings (SSSR count). The first kappa shape index (κ1) is 10.8. The fraction of sp³-hybridized carbons (Fsp3) is 0.500. The molecular formula is C14H17NO2. The SMILES string of the molecule is CC1(C)Cc2ccccc2[C@H]2C[C@@H](O)C(=O)N21. The zero-order valence-electron chi connectivity index (χ0n) is 10.2. The molecule has 2 aliphatic heterocycles. The minimum Gasteiger partial charge on any atom is -0.383 e. The molecule has 0 saturated carbocycles. The lowest BCUT2D eigenvalue weighted by molar-refractivity contribution is -0.140. The molecule has 1 N–H and O–H groups in total. The smallest absolute Gasteiger partial charge is 0.252 e. The highest BCUT2D eigenvalue weighted by Gasteiger charge is 2.49. The maximum absolute atomic E-state index is 12.0. The van der Waals surface area contributed by atoms with Gasteiger partial charge >= 0.3 is 0 Å². The Hall–Kier alpha value is -1.35. The van der Waals surface area contributed by atoms with Crippen LogP contribution in [0.15, 0.2) is 24.3 Å². The topological polar surface area (TPSA) is 40.5 Å². The van der Waals surface area contributed by atoms with Gasteiger partial charge in [0.15, 0.2) is 0 Å². The molecule has 0 unspecified atom stereocenters. The summed E-state index contributed by atoms with van der Waals surface area (Å²) in [7, 11) is 0. The van der Waals surface area contributed by atoms with E-state index >= 15 is 0 Å². The van der Waals surface area contributed by atoms with E-state index in [1.54, 1.807) is 0 Å². The first-order chi connectivity index (χ1) is 8.00. The number of carbonyl (C=O) groups is 1. The average molecular weight is 231 g/mol. The summed E-state index contributed by atoms with van der Waals surface area (Å²) in [6.45, 7) is 4.15. The van der Waals surface area contributed by atoms with Crippen molar-refractivity contribution in [3.05, 3.63) is 35.4 Å². The van der Waals surface area contributed by atoms with Crippen LogP contribution in [-0.4, -0.2) is 27.6 Å². The van der Waals surface area contributed by atoms with Crippen molar-refractivity contribution in [3.8, 4) is 0 Å². The van der Waals surface area contributed by atoms with E-state index < -0.39 is 6.10 Å². The Morgan fingerprint density at radius 2 is 2.06 bits per heavy atom. The maximum Gasteiger partial charge on any atom is 0.252 e. The van der Waals surface area contributed by atoms with Crippen molar-refractivity contribution in [2.45, 2.75) is 44.4 Å². The summed E-state index contributed by atoms with van der Waals surface area (Å²) < 4.78 is 0. The van der Waals surface area contributed by atoms with Crippen LogP contribution in [0.25, 0.3) is 0 Å². The van der Waals surface area contributed by atoms with Crippen LogP contribution in [0.4, 0.5) is 0 Å². The van der Waals surface area contributed by atoms with Gasteiger partial charge in [-0.2, -0.15) is 0 Å². The van der Waals surface area contributed by atoms with Crippen LogP contribution >= 0.6 is 0 Å². The Morgan fingerprint density at radius 3 is 2.82 bits per heavy atom. The van der Waals surface area contributed by atoms with Crippen LogP contribution in [0.2, 0.25) is 0 Å². The summed E-state index contributed by atoms with van der Waals surface area (Å²) in [5.74, 6) is -0.116. The Labute approximate surface area is 101 Å². The highest BCUT2D eigenvalue weighted by molar-refractivity contribution is 5.85. The Morgan fingerprint density at radius 1 is 1.35 bits per heavy atom. The number of aliphatic hydroxyl groups excluding tert-OH is 1. The molecule has 0 aliphatic carbocycles. The molecule has 3 nitrogen and oxygen atoms in total. The van der Waals surface area contributed by atoms with Gasteiger partial charge in [-0.05, 0) is 31.4 Å². The van der Waals surface area contributed by atoms with Gasteiger partial charge in [0.2, 0.25) is 0 Å². The minimum absolute atomic E-state index is 0.0532. The van der Waals surface area contributed by atoms with Crippen LogP contribution in [0.1, 0.15) is 37.4 Å². The zero-order chi connectivity index (χ0) is 12.2. The molecule has 1 aromatic rings. The molecule has 1 amide bonds. The van der Waals surface area contributed by atoms with Crippen molar-refractivity contribution in [3.63, 3.8) is 0 Å². The van der Waals surface area contributed by atoms with E-state index in [0.29, 0.717) is 6.42 Å². The van der Waals surface area contributed by atoms with Crippen LogP contribution < -0.4 is 0 Å². The van der Waals surface area contributed by atoms with E-state index in [4.69, 9.17) is 0 Å². The Balaban J connectivity index is 2.14. The van der Waals surface area contributed by atoms with Gasteiger partial charge in [-0.15, -0.1) is 0 Å². The number of fused-ring (bicyclic) bond motifs is 3. The third-order valence-corrected chi connectivity index (χ3v) is 3.97. The molecule has 0 bridgehead atoms. The number of aliphatic hydroxyl groups is 1. The highest BCUT2D eigenvalue weighted by Crippen LogP contribution is 2.45. The highest BCUT2D eigenvalue weighted by atomic mass is 16.3. The van der Waals surface area contributed by atoms with Gasteiger partial charge in [0.25, 0.3) is 5.91 Å². The van der Waals surface area contributed by atoms with E-state index in [-0.39, 0.29) is 17.5 Å². The first-order valence-corrected chi connectivity index (χ1v) is 6.10. The number of carbonyl (C=O) groups excluding carboxylic acids is 1. The molecule has 3 heteroatoms. The lowest BCUT2D eigenvalue weighted by atomic mass is 9.82. The second-order valence-electron chi connectivity index (χ2n) is 5.66. The van der Waals surface area contributed by atoms with Gasteiger partial charge in [-0.1, -0.05) is 24.3 Å². The summed E-state index contributed by atoms with van der Waals surface area (Å²) in [5, 5.41) is 9.80. The number of hydrogen-bond donors (Lipinski definition) is 1. The van der Waals surface area contributed by atoms with E-state index in [1.807, 2.05) is 17.0 Å². The maximum atomic E-state index is 12.0. The number of rotatable bonds is 0. The third-order valence-electron chi connectivity index (χ3n) is 3.97. The second-order valence-corrected chi connectivity index (χ2v) is 5.66. The molecule has 17 heavy (non-hydrogen) atoms. The molecule has 2 aliphatic rings. The van der Waals surface area contributed by atoms with Crippen molar-refractivity contribution in [2.24, 2.45) is 0 Å². The molecule has 0 spiro atoms. The van der Waals surface area contributed by atoms with Gasteiger partial charge in [0.05, 0.1) is 6.04 Å². The molecule has 2 heterocycles. The molecule has 1 aromatic carbocycles. The number of amides is 1. The summed E-state index contributed by atoms with van der Waals surface area (Å²) in [6.07, 6.45) is 0.558. The molecule has 0 radical (unpaired) electrons. The van der Waals surface area contributed by atoms with Crippen molar-refractivity contribution >= 4 is 5.91 Å². The quantitative estimate of drug-likeness (QED) is 0.737. The lowest BCUT2D eigenvalue weighted by Gasteiger charge is -2.45. The van der Waals surface area contributed by atoms with Crippen molar-refractivity contribution in [2.75, 3.05) is 0 Å². The first-order valence-electron chi connectivity index (χ1n) is 6.10. The predicted octanol–water partition coefficient (Wildman–Crippen LogP) is 1.66. The summed E-state index contributed by atoms with van der Waals surface area (Å²) in [4.78, 5) is 13.9. The number of nitrogens with zero attached hydrogens (tertiary/aromatic N) is 1. The fourth-order valence-electron chi connectivity index (χ4n) is 3.29. The van der Waals surface area contributed by atoms with Crippen molar-refractivity contribution < 1.29 is 9.90 Å². The number of benzene rings is 1. The second kappa shape index (κ2) is 3.33. The van der Waals surface area contributed by atoms with Gasteiger partial charge in [-0.3, -0.25) is 4.79 Å². The van der Waals surface area contributed by atoms with Crippen molar-refractivity contribution in [1.29, 1.82) is 0 Å². The predicted molar refractivity (Wildman–Crippen MR) is 64.4 cm³/mol. The number of hydrogen-bond acceptors (Lipinski definition) is 2. The minimum atomic E-state index is -0.828. The standard InChI is InChI=1S/C14H17NO2/c1-14(2)8-9-5-3-4-6-10(9)11-7-12(16)13(17)15(11)14/h3-6,11-12,16H,7-8H2,1-2H3/t11-,12-/m1/s1. The van der Waals surface area contributed by atoms with E-state index in [2.05, 4.69) is 26.0 Å². The van der Waals surface area contributed by atoms with Gasteiger partial charge in [0, 0.05) is 12.0 Å². The van der Waals surface area contributed by atoms with Crippen LogP contribution in [0, 0.1) is 0 Å². The van der Waals surface area contributed by atoms with Crippen LogP contribution in [0.5, 0.6) is 0 Å². The van der Waals surface area contributed by atoms with Gasteiger partial charge in [-0.25, -0.2) is 0 Å². The molecule has 90 valence electrons. The monoisotopic (exact) mass is 231 g/mol. The van der Waals surface area contributed by atoms with Gasteiger partial charge in [0.1, 0.15) is 6.10 Å². The zero-order valence-corrected chi connectivity index (χ0v) is 10.2. The van der Waals surface area contributed by atoms with E-state index in [1.165, 1.54) is 11.1 Å². The Kier molecular flexibility index (Phi) is 2.11. The molecule has 1 saturated heterocycles. The fourth-order valence-corrected chi connectivity index (χ4v) is 3.29. The molecule has 1 fully saturated rings. The van der Waals surface area contributed by atoms with Gasteiger partial charge < -0.3 is 10.0 Å². The molecular weight excluding hydrogens is 214 g/mol. The van der Waals surface area contributed by atoms with Crippen LogP contribution in [0.3, 0.4) is 0 Å². The Bertz CT molecular complexity index is 481. The normalized spacial score (nSPS) is 30.1.